The number of nitrogens with zero attached hydrogens (tertiary/aromatic N) is 3. The number of halogens is 1. The molecule has 1 aliphatic carbocycles. The van der Waals surface area contributed by atoms with E-state index in [-0.39, 0.29) is 0 Å². The fraction of sp³-hybridized carbons (Fsp3) is 0.800. The predicted molar refractivity (Wildman–Crippen MR) is 56.2 cm³/mol. The Bertz CT molecular complexity index is 297. The van der Waals surface area contributed by atoms with Crippen LogP contribution in [-0.2, 0) is 5.88 Å². The molecule has 1 saturated carbocycles. The van der Waals surface area contributed by atoms with E-state index >= 15 is 0 Å². The molecule has 2 atom stereocenters. The van der Waals surface area contributed by atoms with Gasteiger partial charge in [-0.25, -0.2) is 4.68 Å². The normalized spacial score (nSPS) is 27.9. The average molecular weight is 214 g/mol. The van der Waals surface area contributed by atoms with Crippen LogP contribution in [0.4, 0.5) is 0 Å². The summed E-state index contributed by atoms with van der Waals surface area (Å²) in [6, 6.07) is 0.545. The fourth-order valence-electron chi connectivity index (χ4n) is 2.20. The minimum Gasteiger partial charge on any atom is -0.249 e. The maximum absolute atomic E-state index is 5.69. The van der Waals surface area contributed by atoms with Crippen LogP contribution in [0, 0.1) is 5.92 Å². The highest BCUT2D eigenvalue weighted by Gasteiger charge is 2.21. The van der Waals surface area contributed by atoms with E-state index in [2.05, 4.69) is 17.2 Å². The van der Waals surface area contributed by atoms with Crippen molar-refractivity contribution < 1.29 is 0 Å². The van der Waals surface area contributed by atoms with Crippen LogP contribution < -0.4 is 0 Å². The Hall–Kier alpha value is -0.570. The van der Waals surface area contributed by atoms with E-state index in [9.17, 15) is 0 Å². The number of rotatable bonds is 2. The molecule has 0 N–H and O–H groups in total. The van der Waals surface area contributed by atoms with Crippen LogP contribution in [0.3, 0.4) is 0 Å². The minimum absolute atomic E-state index is 0.461. The molecule has 0 aliphatic heterocycles. The number of hydrogen-bond acceptors (Lipinski definition) is 2. The van der Waals surface area contributed by atoms with Crippen LogP contribution in [0.15, 0.2) is 6.20 Å². The first kappa shape index (κ1) is 9.97. The third-order valence-corrected chi connectivity index (χ3v) is 3.25. The molecule has 1 aromatic rings. The summed E-state index contributed by atoms with van der Waals surface area (Å²) in [4.78, 5) is 0. The molecule has 1 heterocycles. The minimum atomic E-state index is 0.461. The standard InChI is InChI=1S/C10H16ClN3/c1-8-3-2-4-10(5-8)14-7-9(6-11)12-13-14/h7-8,10H,2-6H2,1H3. The Balaban J connectivity index is 2.06. The second-order valence-corrected chi connectivity index (χ2v) is 4.52. The number of alkyl halides is 1. The van der Waals surface area contributed by atoms with Gasteiger partial charge in [0, 0.05) is 6.20 Å². The van der Waals surface area contributed by atoms with Gasteiger partial charge in [0.1, 0.15) is 0 Å². The van der Waals surface area contributed by atoms with Crippen molar-refractivity contribution in [1.29, 1.82) is 0 Å². The summed E-state index contributed by atoms with van der Waals surface area (Å²) < 4.78 is 1.99. The van der Waals surface area contributed by atoms with Crippen molar-refractivity contribution in [3.8, 4) is 0 Å². The fourth-order valence-corrected chi connectivity index (χ4v) is 2.32. The van der Waals surface area contributed by atoms with Gasteiger partial charge in [0.15, 0.2) is 0 Å². The van der Waals surface area contributed by atoms with Crippen LogP contribution in [0.2, 0.25) is 0 Å². The van der Waals surface area contributed by atoms with E-state index in [0.29, 0.717) is 11.9 Å². The Morgan fingerprint density at radius 3 is 3.07 bits per heavy atom. The van der Waals surface area contributed by atoms with Crippen LogP contribution in [0.25, 0.3) is 0 Å². The van der Waals surface area contributed by atoms with Gasteiger partial charge in [-0.15, -0.1) is 16.7 Å². The lowest BCUT2D eigenvalue weighted by Crippen LogP contribution is -2.18. The molecule has 78 valence electrons. The van der Waals surface area contributed by atoms with Crippen molar-refractivity contribution in [3.05, 3.63) is 11.9 Å². The molecule has 3 nitrogen and oxygen atoms in total. The quantitative estimate of drug-likeness (QED) is 0.708. The molecular formula is C10H16ClN3. The molecule has 0 spiro atoms. The highest BCUT2D eigenvalue weighted by Crippen LogP contribution is 2.31. The number of hydrogen-bond donors (Lipinski definition) is 0. The van der Waals surface area contributed by atoms with Crippen LogP contribution in [-0.4, -0.2) is 15.0 Å². The lowest BCUT2D eigenvalue weighted by Gasteiger charge is -2.26. The van der Waals surface area contributed by atoms with E-state index in [1.165, 1.54) is 25.7 Å². The zero-order valence-electron chi connectivity index (χ0n) is 8.49. The van der Waals surface area contributed by atoms with Crippen LogP contribution >= 0.6 is 11.6 Å². The predicted octanol–water partition coefficient (Wildman–Crippen LogP) is 2.77. The van der Waals surface area contributed by atoms with Crippen molar-refractivity contribution in [3.63, 3.8) is 0 Å². The van der Waals surface area contributed by atoms with Gasteiger partial charge in [-0.2, -0.15) is 0 Å². The molecule has 1 aliphatic rings. The molecule has 4 heteroatoms. The molecule has 2 rings (SSSR count). The van der Waals surface area contributed by atoms with Gasteiger partial charge in [-0.1, -0.05) is 25.0 Å². The lowest BCUT2D eigenvalue weighted by molar-refractivity contribution is 0.263. The molecule has 0 saturated heterocycles. The van der Waals surface area contributed by atoms with Gasteiger partial charge in [-0.3, -0.25) is 0 Å². The van der Waals surface area contributed by atoms with Gasteiger partial charge < -0.3 is 0 Å². The van der Waals surface area contributed by atoms with Crippen molar-refractivity contribution >= 4 is 11.6 Å². The molecule has 0 bridgehead atoms. The van der Waals surface area contributed by atoms with E-state index in [0.717, 1.165) is 11.6 Å². The third kappa shape index (κ3) is 2.08. The molecule has 0 amide bonds. The van der Waals surface area contributed by atoms with Crippen molar-refractivity contribution in [1.82, 2.24) is 15.0 Å². The summed E-state index contributed by atoms with van der Waals surface area (Å²) in [7, 11) is 0. The Kier molecular flexibility index (Phi) is 3.06. The van der Waals surface area contributed by atoms with Gasteiger partial charge in [-0.05, 0) is 18.8 Å². The Morgan fingerprint density at radius 2 is 2.43 bits per heavy atom. The summed E-state index contributed by atoms with van der Waals surface area (Å²) in [6.45, 7) is 2.31. The van der Waals surface area contributed by atoms with Gasteiger partial charge >= 0.3 is 0 Å². The molecule has 0 radical (unpaired) electrons. The molecular weight excluding hydrogens is 198 g/mol. The monoisotopic (exact) mass is 213 g/mol. The molecule has 14 heavy (non-hydrogen) atoms. The SMILES string of the molecule is CC1CCCC(n2cc(CCl)nn2)C1. The smallest absolute Gasteiger partial charge is 0.0974 e. The summed E-state index contributed by atoms with van der Waals surface area (Å²) in [6.07, 6.45) is 7.10. The van der Waals surface area contributed by atoms with Crippen molar-refractivity contribution in [2.24, 2.45) is 5.92 Å². The second kappa shape index (κ2) is 4.30. The van der Waals surface area contributed by atoms with E-state index in [4.69, 9.17) is 11.6 Å². The molecule has 2 unspecified atom stereocenters. The zero-order valence-corrected chi connectivity index (χ0v) is 9.24. The Labute approximate surface area is 89.4 Å². The number of aromatic nitrogens is 3. The van der Waals surface area contributed by atoms with Gasteiger partial charge in [0.05, 0.1) is 17.6 Å². The first-order valence-electron chi connectivity index (χ1n) is 5.26. The summed E-state index contributed by atoms with van der Waals surface area (Å²) >= 11 is 5.69. The van der Waals surface area contributed by atoms with E-state index in [1.807, 2.05) is 10.9 Å². The lowest BCUT2D eigenvalue weighted by atomic mass is 9.87. The highest BCUT2D eigenvalue weighted by atomic mass is 35.5. The van der Waals surface area contributed by atoms with Gasteiger partial charge in [0.2, 0.25) is 0 Å². The first-order chi connectivity index (χ1) is 6.79. The highest BCUT2D eigenvalue weighted by molar-refractivity contribution is 6.16. The second-order valence-electron chi connectivity index (χ2n) is 4.25. The van der Waals surface area contributed by atoms with Crippen LogP contribution in [0.5, 0.6) is 0 Å². The first-order valence-corrected chi connectivity index (χ1v) is 5.79. The van der Waals surface area contributed by atoms with Crippen molar-refractivity contribution in [2.45, 2.75) is 44.5 Å². The molecule has 1 fully saturated rings. The van der Waals surface area contributed by atoms with Crippen molar-refractivity contribution in [2.75, 3.05) is 0 Å². The maximum atomic E-state index is 5.69. The summed E-state index contributed by atoms with van der Waals surface area (Å²) in [5.41, 5.74) is 0.880. The molecule has 1 aromatic heterocycles. The van der Waals surface area contributed by atoms with E-state index in [1.54, 1.807) is 0 Å². The topological polar surface area (TPSA) is 30.7 Å². The van der Waals surface area contributed by atoms with E-state index < -0.39 is 0 Å². The molecule has 0 aromatic carbocycles. The average Bonchev–Trinajstić information content (AvgIpc) is 2.66. The summed E-state index contributed by atoms with van der Waals surface area (Å²) in [5, 5.41) is 8.14. The van der Waals surface area contributed by atoms with Gasteiger partial charge in [0.25, 0.3) is 0 Å². The largest absolute Gasteiger partial charge is 0.249 e. The Morgan fingerprint density at radius 1 is 1.57 bits per heavy atom. The van der Waals surface area contributed by atoms with Crippen LogP contribution in [0.1, 0.15) is 44.3 Å². The maximum Gasteiger partial charge on any atom is 0.0974 e. The summed E-state index contributed by atoms with van der Waals surface area (Å²) in [5.74, 6) is 1.28. The zero-order chi connectivity index (χ0) is 9.97. The third-order valence-electron chi connectivity index (χ3n) is 2.98.